The number of hydrogen-bond donors (Lipinski definition) is 1. The number of nitrogens with one attached hydrogen (secondary N) is 1. The lowest BCUT2D eigenvalue weighted by molar-refractivity contribution is 0.0470. The molecule has 0 bridgehead atoms. The molecule has 6 nitrogen and oxygen atoms in total. The minimum atomic E-state index is -0.384. The normalized spacial score (nSPS) is 11.2. The van der Waals surface area contributed by atoms with Crippen LogP contribution in [0.5, 0.6) is 0 Å². The van der Waals surface area contributed by atoms with Crippen molar-refractivity contribution < 1.29 is 9.53 Å². The van der Waals surface area contributed by atoms with Gasteiger partial charge < -0.3 is 9.14 Å². The smallest absolute Gasteiger partial charge is 0.339 e. The second-order valence-electron chi connectivity index (χ2n) is 5.42. The Morgan fingerprint density at radius 2 is 2.17 bits per heavy atom. The summed E-state index contributed by atoms with van der Waals surface area (Å²) in [7, 11) is 0. The van der Waals surface area contributed by atoms with Gasteiger partial charge in [0.15, 0.2) is 0 Å². The van der Waals surface area contributed by atoms with Crippen LogP contribution in [0.1, 0.15) is 21.6 Å². The second kappa shape index (κ2) is 5.24. The number of ether oxygens (including phenoxy) is 1. The number of pyridine rings is 1. The molecule has 1 N–H and O–H groups in total. The van der Waals surface area contributed by atoms with Gasteiger partial charge in [-0.05, 0) is 30.7 Å². The number of carbonyl (C=O) groups is 1. The highest BCUT2D eigenvalue weighted by atomic mass is 16.5. The molecule has 114 valence electrons. The van der Waals surface area contributed by atoms with Gasteiger partial charge in [0.25, 0.3) is 0 Å². The number of aryl methyl sites for hydroxylation is 1. The summed E-state index contributed by atoms with van der Waals surface area (Å²) in [6.07, 6.45) is 5.48. The molecule has 0 unspecified atom stereocenters. The standard InChI is InChI=1S/C17H14N4O2/c1-11-5-6-16-19-12(9-21(16)8-11)10-23-17(22)13-3-2-4-15-14(13)7-18-20-15/h2-9H,10H2,1H3,(H,18,20). The molecular formula is C17H14N4O2. The molecule has 0 fully saturated rings. The molecule has 4 aromatic rings. The molecule has 23 heavy (non-hydrogen) atoms. The van der Waals surface area contributed by atoms with Gasteiger partial charge in [-0.3, -0.25) is 5.10 Å². The summed E-state index contributed by atoms with van der Waals surface area (Å²) in [4.78, 5) is 16.7. The highest BCUT2D eigenvalue weighted by molar-refractivity contribution is 6.03. The largest absolute Gasteiger partial charge is 0.455 e. The fourth-order valence-corrected chi connectivity index (χ4v) is 2.59. The van der Waals surface area contributed by atoms with Crippen LogP contribution in [0.3, 0.4) is 0 Å². The average molecular weight is 306 g/mol. The van der Waals surface area contributed by atoms with E-state index in [2.05, 4.69) is 15.2 Å². The number of carbonyl (C=O) groups excluding carboxylic acids is 1. The summed E-state index contributed by atoms with van der Waals surface area (Å²) in [6, 6.07) is 9.33. The van der Waals surface area contributed by atoms with Crippen molar-refractivity contribution in [1.29, 1.82) is 0 Å². The SMILES string of the molecule is Cc1ccc2nc(COC(=O)c3cccc4[nH]ncc34)cn2c1. The first-order chi connectivity index (χ1) is 11.2. The van der Waals surface area contributed by atoms with Gasteiger partial charge in [-0.15, -0.1) is 0 Å². The van der Waals surface area contributed by atoms with Crippen molar-refractivity contribution >= 4 is 22.5 Å². The number of hydrogen-bond acceptors (Lipinski definition) is 4. The van der Waals surface area contributed by atoms with Crippen molar-refractivity contribution in [2.24, 2.45) is 0 Å². The Morgan fingerprint density at radius 3 is 3.09 bits per heavy atom. The van der Waals surface area contributed by atoms with Crippen molar-refractivity contribution in [1.82, 2.24) is 19.6 Å². The van der Waals surface area contributed by atoms with Crippen LogP contribution in [-0.4, -0.2) is 25.6 Å². The number of benzene rings is 1. The van der Waals surface area contributed by atoms with Crippen LogP contribution < -0.4 is 0 Å². The van der Waals surface area contributed by atoms with E-state index >= 15 is 0 Å². The maximum absolute atomic E-state index is 12.3. The molecule has 0 aliphatic rings. The third-order valence-electron chi connectivity index (χ3n) is 3.70. The molecule has 0 amide bonds. The highest BCUT2D eigenvalue weighted by Crippen LogP contribution is 2.17. The van der Waals surface area contributed by atoms with Crippen LogP contribution in [0.4, 0.5) is 0 Å². The summed E-state index contributed by atoms with van der Waals surface area (Å²) in [5.41, 5.74) is 3.99. The van der Waals surface area contributed by atoms with Gasteiger partial charge in [-0.2, -0.15) is 5.10 Å². The predicted octanol–water partition coefficient (Wildman–Crippen LogP) is 2.88. The molecule has 0 spiro atoms. The number of fused-ring (bicyclic) bond motifs is 2. The molecule has 0 radical (unpaired) electrons. The number of H-pyrrole nitrogens is 1. The second-order valence-corrected chi connectivity index (χ2v) is 5.42. The molecule has 1 aromatic carbocycles. The van der Waals surface area contributed by atoms with Crippen molar-refractivity contribution in [3.8, 4) is 0 Å². The monoisotopic (exact) mass is 306 g/mol. The Balaban J connectivity index is 1.55. The van der Waals surface area contributed by atoms with Crippen molar-refractivity contribution in [3.63, 3.8) is 0 Å². The molecule has 0 aliphatic heterocycles. The Hall–Kier alpha value is -3.15. The Labute approximate surface area is 131 Å². The number of aromatic amines is 1. The van der Waals surface area contributed by atoms with E-state index in [-0.39, 0.29) is 12.6 Å². The van der Waals surface area contributed by atoms with Gasteiger partial charge in [-0.1, -0.05) is 12.1 Å². The number of aromatic nitrogens is 4. The highest BCUT2D eigenvalue weighted by Gasteiger charge is 2.13. The number of nitrogens with zero attached hydrogens (tertiary/aromatic N) is 3. The van der Waals surface area contributed by atoms with Gasteiger partial charge >= 0.3 is 5.97 Å². The maximum Gasteiger partial charge on any atom is 0.339 e. The average Bonchev–Trinajstić information content (AvgIpc) is 3.17. The molecule has 0 aliphatic carbocycles. The lowest BCUT2D eigenvalue weighted by atomic mass is 10.1. The van der Waals surface area contributed by atoms with E-state index in [1.165, 1.54) is 0 Å². The molecule has 0 saturated heterocycles. The lowest BCUT2D eigenvalue weighted by Crippen LogP contribution is -2.05. The minimum Gasteiger partial charge on any atom is -0.455 e. The van der Waals surface area contributed by atoms with E-state index in [0.29, 0.717) is 11.3 Å². The van der Waals surface area contributed by atoms with E-state index in [0.717, 1.165) is 22.1 Å². The van der Waals surface area contributed by atoms with Crippen molar-refractivity contribution in [3.05, 3.63) is 65.7 Å². The minimum absolute atomic E-state index is 0.133. The fourth-order valence-electron chi connectivity index (χ4n) is 2.59. The van der Waals surface area contributed by atoms with E-state index < -0.39 is 0 Å². The summed E-state index contributed by atoms with van der Waals surface area (Å²) in [5.74, 6) is -0.384. The van der Waals surface area contributed by atoms with Crippen molar-refractivity contribution in [2.45, 2.75) is 13.5 Å². The molecule has 3 aromatic heterocycles. The fraction of sp³-hybridized carbons (Fsp3) is 0.118. The topological polar surface area (TPSA) is 72.3 Å². The predicted molar refractivity (Wildman–Crippen MR) is 85.1 cm³/mol. The third kappa shape index (κ3) is 2.44. The zero-order valence-corrected chi connectivity index (χ0v) is 12.5. The van der Waals surface area contributed by atoms with Gasteiger partial charge in [0, 0.05) is 17.8 Å². The van der Waals surface area contributed by atoms with E-state index in [1.54, 1.807) is 18.3 Å². The van der Waals surface area contributed by atoms with Crippen LogP contribution >= 0.6 is 0 Å². The first kappa shape index (κ1) is 13.5. The summed E-state index contributed by atoms with van der Waals surface area (Å²) in [6.45, 7) is 2.15. The van der Waals surface area contributed by atoms with Gasteiger partial charge in [0.2, 0.25) is 0 Å². The van der Waals surface area contributed by atoms with Gasteiger partial charge in [0.05, 0.1) is 23.0 Å². The first-order valence-corrected chi connectivity index (χ1v) is 7.24. The first-order valence-electron chi connectivity index (χ1n) is 7.24. The van der Waals surface area contributed by atoms with Gasteiger partial charge in [-0.25, -0.2) is 9.78 Å². The van der Waals surface area contributed by atoms with Crippen LogP contribution in [0.25, 0.3) is 16.6 Å². The lowest BCUT2D eigenvalue weighted by Gasteiger charge is -2.03. The third-order valence-corrected chi connectivity index (χ3v) is 3.70. The molecule has 3 heterocycles. The van der Waals surface area contributed by atoms with Crippen LogP contribution in [0, 0.1) is 6.92 Å². The van der Waals surface area contributed by atoms with E-state index in [4.69, 9.17) is 4.74 Å². The quantitative estimate of drug-likeness (QED) is 0.591. The zero-order valence-electron chi connectivity index (χ0n) is 12.5. The number of esters is 1. The number of imidazole rings is 1. The molecule has 0 saturated carbocycles. The number of rotatable bonds is 3. The molecular weight excluding hydrogens is 292 g/mol. The summed E-state index contributed by atoms with van der Waals surface area (Å²) >= 11 is 0. The van der Waals surface area contributed by atoms with Crippen LogP contribution in [0.2, 0.25) is 0 Å². The summed E-state index contributed by atoms with van der Waals surface area (Å²) in [5, 5.41) is 7.54. The molecule has 4 rings (SSSR count). The van der Waals surface area contributed by atoms with Crippen LogP contribution in [0.15, 0.2) is 48.9 Å². The summed E-state index contributed by atoms with van der Waals surface area (Å²) < 4.78 is 7.32. The van der Waals surface area contributed by atoms with Crippen LogP contribution in [-0.2, 0) is 11.3 Å². The van der Waals surface area contributed by atoms with E-state index in [9.17, 15) is 4.79 Å². The Kier molecular flexibility index (Phi) is 3.08. The van der Waals surface area contributed by atoms with Crippen molar-refractivity contribution in [2.75, 3.05) is 0 Å². The van der Waals surface area contributed by atoms with Gasteiger partial charge in [0.1, 0.15) is 12.3 Å². The Bertz CT molecular complexity index is 1020. The maximum atomic E-state index is 12.3. The molecule has 0 atom stereocenters. The molecule has 6 heteroatoms. The zero-order chi connectivity index (χ0) is 15.8. The Morgan fingerprint density at radius 1 is 1.26 bits per heavy atom. The van der Waals surface area contributed by atoms with E-state index in [1.807, 2.05) is 41.9 Å².